The summed E-state index contributed by atoms with van der Waals surface area (Å²) < 4.78 is 1.80. The number of hydrogen-bond donors (Lipinski definition) is 2. The van der Waals surface area contributed by atoms with Crippen LogP contribution < -0.4 is 11.1 Å². The molecule has 1 unspecified atom stereocenters. The van der Waals surface area contributed by atoms with Gasteiger partial charge in [0.05, 0.1) is 5.56 Å². The number of aromatic nitrogens is 2. The topological polar surface area (TPSA) is 110 Å². The van der Waals surface area contributed by atoms with Crippen molar-refractivity contribution in [2.75, 3.05) is 5.32 Å². The normalized spacial score (nSPS) is 21.0. The number of likely N-dealkylation sites (tertiary alicyclic amines) is 1. The van der Waals surface area contributed by atoms with Crippen LogP contribution in [0.1, 0.15) is 59.3 Å². The Labute approximate surface area is 244 Å². The first-order chi connectivity index (χ1) is 20.4. The zero-order valence-corrected chi connectivity index (χ0v) is 23.8. The van der Waals surface area contributed by atoms with Crippen LogP contribution in [0.5, 0.6) is 0 Å². The molecule has 1 saturated carbocycles. The number of nitrogens with one attached hydrogen (secondary N) is 1. The molecule has 8 heteroatoms. The summed E-state index contributed by atoms with van der Waals surface area (Å²) in [6.45, 7) is 1.90. The molecule has 7 rings (SSSR count). The van der Waals surface area contributed by atoms with E-state index < -0.39 is 11.9 Å². The molecule has 1 aliphatic heterocycles. The molecule has 3 N–H and O–H groups in total. The van der Waals surface area contributed by atoms with Crippen molar-refractivity contribution in [2.24, 2.45) is 11.7 Å². The first kappa shape index (κ1) is 26.4. The van der Waals surface area contributed by atoms with Gasteiger partial charge in [-0.25, -0.2) is 4.98 Å². The number of carbonyl (C=O) groups is 3. The highest BCUT2D eigenvalue weighted by molar-refractivity contribution is 6.07. The maximum Gasteiger partial charge on any atom is 0.250 e. The van der Waals surface area contributed by atoms with Crippen LogP contribution in [0, 0.1) is 12.8 Å². The number of piperidine rings is 1. The van der Waals surface area contributed by atoms with Crippen LogP contribution in [0.3, 0.4) is 0 Å². The number of carbonyl (C=O) groups excluding carboxylic acids is 3. The van der Waals surface area contributed by atoms with Crippen LogP contribution >= 0.6 is 0 Å². The number of aryl methyl sites for hydroxylation is 3. The van der Waals surface area contributed by atoms with Crippen molar-refractivity contribution < 1.29 is 14.4 Å². The van der Waals surface area contributed by atoms with Crippen molar-refractivity contribution in [3.63, 3.8) is 0 Å². The number of pyridine rings is 1. The molecule has 1 saturated heterocycles. The number of primary amides is 1. The molecule has 214 valence electrons. The van der Waals surface area contributed by atoms with E-state index in [1.54, 1.807) is 21.7 Å². The molecule has 4 aromatic rings. The minimum atomic E-state index is -0.536. The SMILES string of the molecule is Cc1cccc(NC(=O)C2[C@H]3CC[C@H](C3)N2C(=O)Cn2cc(C(N)=O)c3cc(-c4ccc5c(c4)CCCC5)ccc32)n1. The van der Waals surface area contributed by atoms with E-state index in [0.717, 1.165) is 59.8 Å². The Morgan fingerprint density at radius 1 is 0.976 bits per heavy atom. The quantitative estimate of drug-likeness (QED) is 0.345. The molecule has 0 radical (unpaired) electrons. The van der Waals surface area contributed by atoms with E-state index in [4.69, 9.17) is 5.73 Å². The van der Waals surface area contributed by atoms with E-state index in [9.17, 15) is 14.4 Å². The second-order valence-corrected chi connectivity index (χ2v) is 12.1. The number of anilines is 1. The van der Waals surface area contributed by atoms with Gasteiger partial charge in [-0.1, -0.05) is 30.3 Å². The van der Waals surface area contributed by atoms with Gasteiger partial charge in [0.1, 0.15) is 18.4 Å². The lowest BCUT2D eigenvalue weighted by Crippen LogP contribution is -2.51. The van der Waals surface area contributed by atoms with Gasteiger partial charge in [-0.3, -0.25) is 14.4 Å². The van der Waals surface area contributed by atoms with E-state index in [2.05, 4.69) is 28.5 Å². The molecule has 2 bridgehead atoms. The van der Waals surface area contributed by atoms with Gasteiger partial charge in [0, 0.05) is 28.8 Å². The monoisotopic (exact) mass is 561 g/mol. The largest absolute Gasteiger partial charge is 0.366 e. The Bertz CT molecular complexity index is 1740. The first-order valence-corrected chi connectivity index (χ1v) is 15.0. The molecule has 2 fully saturated rings. The Morgan fingerprint density at radius 2 is 1.76 bits per heavy atom. The lowest BCUT2D eigenvalue weighted by molar-refractivity contribution is -0.141. The average molecular weight is 562 g/mol. The number of amides is 3. The molecule has 2 aliphatic carbocycles. The molecule has 2 aromatic carbocycles. The minimum absolute atomic E-state index is 0.0255. The fourth-order valence-electron chi connectivity index (χ4n) is 7.44. The summed E-state index contributed by atoms with van der Waals surface area (Å²) in [5.74, 6) is -0.236. The van der Waals surface area contributed by atoms with Gasteiger partial charge in [-0.2, -0.15) is 0 Å². The third-order valence-electron chi connectivity index (χ3n) is 9.42. The fraction of sp³-hybridized carbons (Fsp3) is 0.353. The summed E-state index contributed by atoms with van der Waals surface area (Å²) in [4.78, 5) is 46.0. The molecule has 3 amide bonds. The molecule has 3 aliphatic rings. The molecule has 0 spiro atoms. The van der Waals surface area contributed by atoms with Crippen molar-refractivity contribution in [1.82, 2.24) is 14.5 Å². The second-order valence-electron chi connectivity index (χ2n) is 12.1. The van der Waals surface area contributed by atoms with Crippen LogP contribution in [0.15, 0.2) is 60.8 Å². The zero-order chi connectivity index (χ0) is 29.0. The zero-order valence-electron chi connectivity index (χ0n) is 23.8. The van der Waals surface area contributed by atoms with Crippen molar-refractivity contribution in [2.45, 2.75) is 70.5 Å². The van der Waals surface area contributed by atoms with Crippen LogP contribution in [-0.4, -0.2) is 44.3 Å². The Balaban J connectivity index is 1.17. The summed E-state index contributed by atoms with van der Waals surface area (Å²) in [5.41, 5.74) is 12.7. The van der Waals surface area contributed by atoms with E-state index in [1.165, 1.54) is 24.0 Å². The third-order valence-corrected chi connectivity index (χ3v) is 9.42. The predicted molar refractivity (Wildman–Crippen MR) is 162 cm³/mol. The summed E-state index contributed by atoms with van der Waals surface area (Å²) in [7, 11) is 0. The van der Waals surface area contributed by atoms with Gasteiger partial charge in [0.15, 0.2) is 0 Å². The second kappa shape index (κ2) is 10.4. The summed E-state index contributed by atoms with van der Waals surface area (Å²) in [5, 5.41) is 3.67. The first-order valence-electron chi connectivity index (χ1n) is 15.0. The van der Waals surface area contributed by atoms with Gasteiger partial charge in [-0.05, 0) is 104 Å². The Kier molecular flexibility index (Phi) is 6.56. The molecule has 2 aromatic heterocycles. The van der Waals surface area contributed by atoms with Gasteiger partial charge < -0.3 is 20.5 Å². The maximum atomic E-state index is 13.9. The van der Waals surface area contributed by atoms with Crippen molar-refractivity contribution in [1.29, 1.82) is 0 Å². The van der Waals surface area contributed by atoms with Gasteiger partial charge in [0.2, 0.25) is 11.8 Å². The van der Waals surface area contributed by atoms with Crippen molar-refractivity contribution >= 4 is 34.4 Å². The molecular weight excluding hydrogens is 526 g/mol. The predicted octanol–water partition coefficient (Wildman–Crippen LogP) is 5.01. The highest BCUT2D eigenvalue weighted by atomic mass is 16.2. The van der Waals surface area contributed by atoms with E-state index in [-0.39, 0.29) is 30.3 Å². The average Bonchev–Trinajstić information content (AvgIpc) is 3.70. The molecule has 3 atom stereocenters. The number of rotatable bonds is 6. The summed E-state index contributed by atoms with van der Waals surface area (Å²) in [6, 6.07) is 17.6. The molecule has 3 heterocycles. The van der Waals surface area contributed by atoms with Crippen LogP contribution in [0.4, 0.5) is 5.82 Å². The van der Waals surface area contributed by atoms with Crippen molar-refractivity contribution in [3.05, 3.63) is 83.2 Å². The number of fused-ring (bicyclic) bond motifs is 4. The summed E-state index contributed by atoms with van der Waals surface area (Å²) in [6.07, 6.45) is 9.00. The third kappa shape index (κ3) is 4.65. The highest BCUT2D eigenvalue weighted by Crippen LogP contribution is 2.43. The number of benzene rings is 2. The smallest absolute Gasteiger partial charge is 0.250 e. The highest BCUT2D eigenvalue weighted by Gasteiger charge is 2.51. The Hall–Kier alpha value is -4.46. The van der Waals surface area contributed by atoms with Gasteiger partial charge in [-0.15, -0.1) is 0 Å². The van der Waals surface area contributed by atoms with E-state index in [0.29, 0.717) is 11.4 Å². The lowest BCUT2D eigenvalue weighted by Gasteiger charge is -2.34. The molecule has 8 nitrogen and oxygen atoms in total. The number of nitrogens with zero attached hydrogens (tertiary/aromatic N) is 3. The lowest BCUT2D eigenvalue weighted by atomic mass is 9.89. The number of hydrogen-bond acceptors (Lipinski definition) is 4. The van der Waals surface area contributed by atoms with Crippen LogP contribution in [-0.2, 0) is 29.0 Å². The standard InChI is InChI=1S/C34H35N5O3/c1-20-5-4-8-30(36-20)37-34(42)32-25-11-13-26(16-25)39(32)31(40)19-38-18-28(33(35)41)27-17-24(12-14-29(27)38)23-10-9-21-6-2-3-7-22(21)15-23/h4-5,8-10,12,14-15,17-18,25-26,32H,2-3,6-7,11,13,16,19H2,1H3,(H2,35,41)(H,36,37,42)/t25-,26+,32?/m0/s1. The van der Waals surface area contributed by atoms with Crippen LogP contribution in [0.25, 0.3) is 22.0 Å². The van der Waals surface area contributed by atoms with Gasteiger partial charge in [0.25, 0.3) is 5.91 Å². The van der Waals surface area contributed by atoms with Crippen molar-refractivity contribution in [3.8, 4) is 11.1 Å². The van der Waals surface area contributed by atoms with E-state index in [1.807, 2.05) is 37.3 Å². The molecular formula is C34H35N5O3. The minimum Gasteiger partial charge on any atom is -0.366 e. The van der Waals surface area contributed by atoms with E-state index >= 15 is 0 Å². The Morgan fingerprint density at radius 3 is 2.57 bits per heavy atom. The fourth-order valence-corrected chi connectivity index (χ4v) is 7.44. The summed E-state index contributed by atoms with van der Waals surface area (Å²) >= 11 is 0. The molecule has 42 heavy (non-hydrogen) atoms. The van der Waals surface area contributed by atoms with Gasteiger partial charge >= 0.3 is 0 Å². The number of nitrogens with two attached hydrogens (primary N) is 1. The van der Waals surface area contributed by atoms with Crippen LogP contribution in [0.2, 0.25) is 0 Å². The maximum absolute atomic E-state index is 13.9.